The predicted octanol–water partition coefficient (Wildman–Crippen LogP) is 5.19. The van der Waals surface area contributed by atoms with E-state index in [0.717, 1.165) is 4.90 Å². The first kappa shape index (κ1) is 21.9. The van der Waals surface area contributed by atoms with Gasteiger partial charge in [-0.2, -0.15) is 28.3 Å². The lowest BCUT2D eigenvalue weighted by Crippen LogP contribution is -2.26. The number of ether oxygens (including phenoxy) is 1. The molecular weight excluding hydrogens is 435 g/mol. The molecule has 30 heavy (non-hydrogen) atoms. The Kier molecular flexibility index (Phi) is 6.25. The van der Waals surface area contributed by atoms with E-state index in [1.807, 2.05) is 0 Å². The van der Waals surface area contributed by atoms with Crippen molar-refractivity contribution in [2.24, 2.45) is 5.11 Å². The normalized spacial score (nSPS) is 15.9. The van der Waals surface area contributed by atoms with Crippen molar-refractivity contribution in [2.75, 3.05) is 29.9 Å². The van der Waals surface area contributed by atoms with Crippen LogP contribution in [0.15, 0.2) is 29.4 Å². The van der Waals surface area contributed by atoms with Crippen LogP contribution in [0.2, 0.25) is 5.02 Å². The van der Waals surface area contributed by atoms with Crippen LogP contribution in [0.1, 0.15) is 12.0 Å². The SMILES string of the molecule is N=Nc1c(NCc2ccccc2Cl)nc(OCC(F)(F)F)nc1N1CCC(F)(F)C1. The molecule has 2 N–H and O–H groups in total. The van der Waals surface area contributed by atoms with Crippen molar-refractivity contribution in [1.29, 1.82) is 5.53 Å². The van der Waals surface area contributed by atoms with E-state index in [9.17, 15) is 22.0 Å². The molecule has 0 aliphatic carbocycles. The monoisotopic (exact) mass is 450 g/mol. The Morgan fingerprint density at radius 2 is 2.00 bits per heavy atom. The molecule has 0 unspecified atom stereocenters. The molecule has 0 amide bonds. The van der Waals surface area contributed by atoms with E-state index in [1.165, 1.54) is 0 Å². The Labute approximate surface area is 172 Å². The van der Waals surface area contributed by atoms with Crippen LogP contribution >= 0.6 is 11.6 Å². The minimum Gasteiger partial charge on any atom is -0.454 e. The van der Waals surface area contributed by atoms with E-state index in [-0.39, 0.29) is 30.4 Å². The largest absolute Gasteiger partial charge is 0.454 e. The molecule has 7 nitrogen and oxygen atoms in total. The topological polar surface area (TPSA) is 86.5 Å². The van der Waals surface area contributed by atoms with Gasteiger partial charge in [0.05, 0.1) is 6.54 Å². The summed E-state index contributed by atoms with van der Waals surface area (Å²) in [6.07, 6.45) is -5.11. The van der Waals surface area contributed by atoms with Crippen molar-refractivity contribution in [1.82, 2.24) is 9.97 Å². The van der Waals surface area contributed by atoms with Crippen LogP contribution in [0.5, 0.6) is 6.01 Å². The van der Waals surface area contributed by atoms with Gasteiger partial charge in [-0.25, -0.2) is 14.3 Å². The van der Waals surface area contributed by atoms with Gasteiger partial charge in [-0.15, -0.1) is 0 Å². The fraction of sp³-hybridized carbons (Fsp3) is 0.412. The van der Waals surface area contributed by atoms with E-state index < -0.39 is 37.7 Å². The predicted molar refractivity (Wildman–Crippen MR) is 98.9 cm³/mol. The van der Waals surface area contributed by atoms with Gasteiger partial charge in [-0.1, -0.05) is 29.8 Å². The van der Waals surface area contributed by atoms with E-state index in [1.54, 1.807) is 24.3 Å². The summed E-state index contributed by atoms with van der Waals surface area (Å²) in [4.78, 5) is 8.79. The maximum absolute atomic E-state index is 13.7. The van der Waals surface area contributed by atoms with Crippen LogP contribution in [-0.2, 0) is 6.54 Å². The van der Waals surface area contributed by atoms with Crippen LogP contribution in [-0.4, -0.2) is 41.8 Å². The first-order chi connectivity index (χ1) is 14.1. The van der Waals surface area contributed by atoms with Gasteiger partial charge < -0.3 is 15.0 Å². The Morgan fingerprint density at radius 3 is 2.60 bits per heavy atom. The molecule has 0 spiro atoms. The lowest BCUT2D eigenvalue weighted by atomic mass is 10.2. The number of alkyl halides is 5. The Balaban J connectivity index is 1.95. The van der Waals surface area contributed by atoms with Crippen molar-refractivity contribution in [3.8, 4) is 6.01 Å². The van der Waals surface area contributed by atoms with Crippen LogP contribution in [0.25, 0.3) is 0 Å². The number of rotatable bonds is 7. The second-order valence-corrected chi connectivity index (χ2v) is 6.92. The molecule has 1 fully saturated rings. The second-order valence-electron chi connectivity index (χ2n) is 6.52. The molecule has 13 heteroatoms. The molecule has 0 bridgehead atoms. The van der Waals surface area contributed by atoms with Crippen LogP contribution in [0.4, 0.5) is 39.3 Å². The van der Waals surface area contributed by atoms with Crippen LogP contribution < -0.4 is 15.0 Å². The van der Waals surface area contributed by atoms with Gasteiger partial charge in [0.2, 0.25) is 0 Å². The first-order valence-electron chi connectivity index (χ1n) is 8.67. The van der Waals surface area contributed by atoms with Crippen molar-refractivity contribution >= 4 is 28.9 Å². The molecule has 2 heterocycles. The summed E-state index contributed by atoms with van der Waals surface area (Å²) in [5.74, 6) is -3.35. The van der Waals surface area contributed by atoms with E-state index in [4.69, 9.17) is 17.1 Å². The summed E-state index contributed by atoms with van der Waals surface area (Å²) in [6.45, 7) is -2.40. The molecule has 1 aromatic carbocycles. The maximum Gasteiger partial charge on any atom is 0.422 e. The molecule has 162 valence electrons. The van der Waals surface area contributed by atoms with Gasteiger partial charge in [-0.05, 0) is 11.6 Å². The number of aromatic nitrogens is 2. The van der Waals surface area contributed by atoms with Gasteiger partial charge in [0.15, 0.2) is 23.9 Å². The fourth-order valence-electron chi connectivity index (χ4n) is 2.82. The van der Waals surface area contributed by atoms with E-state index in [0.29, 0.717) is 10.6 Å². The summed E-state index contributed by atoms with van der Waals surface area (Å²) in [5, 5.41) is 6.56. The number of hydrogen-bond donors (Lipinski definition) is 2. The molecule has 0 atom stereocenters. The number of anilines is 2. The summed E-state index contributed by atoms with van der Waals surface area (Å²) in [7, 11) is 0. The van der Waals surface area contributed by atoms with Crippen molar-refractivity contribution in [2.45, 2.75) is 25.1 Å². The zero-order valence-electron chi connectivity index (χ0n) is 15.3. The zero-order chi connectivity index (χ0) is 21.9. The summed E-state index contributed by atoms with van der Waals surface area (Å²) >= 11 is 6.09. The quantitative estimate of drug-likeness (QED) is 0.448. The average Bonchev–Trinajstić information content (AvgIpc) is 3.04. The van der Waals surface area contributed by atoms with Gasteiger partial charge in [-0.3, -0.25) is 0 Å². The van der Waals surface area contributed by atoms with E-state index in [2.05, 4.69) is 25.1 Å². The van der Waals surface area contributed by atoms with Crippen molar-refractivity contribution in [3.63, 3.8) is 0 Å². The van der Waals surface area contributed by atoms with Crippen molar-refractivity contribution < 1.29 is 26.7 Å². The molecule has 1 aliphatic rings. The highest BCUT2D eigenvalue weighted by molar-refractivity contribution is 6.31. The number of halogens is 6. The van der Waals surface area contributed by atoms with Crippen LogP contribution in [0, 0.1) is 5.53 Å². The van der Waals surface area contributed by atoms with Gasteiger partial charge in [0, 0.05) is 24.5 Å². The fourth-order valence-corrected chi connectivity index (χ4v) is 3.02. The van der Waals surface area contributed by atoms with Crippen LogP contribution in [0.3, 0.4) is 0 Å². The molecule has 0 saturated carbocycles. The Bertz CT molecular complexity index is 926. The smallest absolute Gasteiger partial charge is 0.422 e. The Morgan fingerprint density at radius 1 is 1.27 bits per heavy atom. The molecular formula is C17H16ClF5N6O. The summed E-state index contributed by atoms with van der Waals surface area (Å²) in [5.41, 5.74) is 7.87. The number of benzene rings is 1. The summed E-state index contributed by atoms with van der Waals surface area (Å²) in [6, 6.07) is 6.12. The molecule has 1 saturated heterocycles. The lowest BCUT2D eigenvalue weighted by Gasteiger charge is -2.21. The van der Waals surface area contributed by atoms with Gasteiger partial charge in [0.1, 0.15) is 0 Å². The second kappa shape index (κ2) is 8.54. The molecule has 3 rings (SSSR count). The Hall–Kier alpha value is -2.76. The average molecular weight is 451 g/mol. The third-order valence-corrected chi connectivity index (χ3v) is 4.56. The highest BCUT2D eigenvalue weighted by Gasteiger charge is 2.40. The third-order valence-electron chi connectivity index (χ3n) is 4.20. The number of nitrogens with one attached hydrogen (secondary N) is 2. The van der Waals surface area contributed by atoms with Crippen molar-refractivity contribution in [3.05, 3.63) is 34.9 Å². The first-order valence-corrected chi connectivity index (χ1v) is 9.05. The van der Waals surface area contributed by atoms with Gasteiger partial charge >= 0.3 is 12.2 Å². The molecule has 2 aromatic rings. The third kappa shape index (κ3) is 5.43. The zero-order valence-corrected chi connectivity index (χ0v) is 16.1. The molecule has 1 aromatic heterocycles. The lowest BCUT2D eigenvalue weighted by molar-refractivity contribution is -0.154. The molecule has 1 aliphatic heterocycles. The highest BCUT2D eigenvalue weighted by atomic mass is 35.5. The molecule has 0 radical (unpaired) electrons. The standard InChI is InChI=1S/C17H16ClF5N6O/c18-11-4-2-1-3-10(11)7-25-13-12(28-24)14(29-6-5-16(19,20)8-29)27-15(26-13)30-9-17(21,22)23/h1-4,24H,5-9H2,(H,25,26,27). The number of hydrogen-bond acceptors (Lipinski definition) is 7. The summed E-state index contributed by atoms with van der Waals surface area (Å²) < 4.78 is 69.5. The maximum atomic E-state index is 13.7. The highest BCUT2D eigenvalue weighted by Crippen LogP contribution is 2.39. The van der Waals surface area contributed by atoms with E-state index >= 15 is 0 Å². The minimum atomic E-state index is -4.65. The van der Waals surface area contributed by atoms with Gasteiger partial charge in [0.25, 0.3) is 5.92 Å². The number of nitrogens with zero attached hydrogens (tertiary/aromatic N) is 4. The minimum absolute atomic E-state index is 0.0908.